The van der Waals surface area contributed by atoms with Crippen molar-refractivity contribution in [1.82, 2.24) is 20.2 Å². The molecule has 0 spiro atoms. The van der Waals surface area contributed by atoms with Gasteiger partial charge in [-0.15, -0.1) is 24.0 Å². The second kappa shape index (κ2) is 10.8. The lowest BCUT2D eigenvalue weighted by Crippen LogP contribution is -2.44. The first-order valence-corrected chi connectivity index (χ1v) is 9.55. The molecule has 2 N–H and O–H groups in total. The number of benzene rings is 1. The van der Waals surface area contributed by atoms with Crippen molar-refractivity contribution in [2.75, 3.05) is 31.1 Å². The van der Waals surface area contributed by atoms with Gasteiger partial charge in [-0.1, -0.05) is 15.9 Å². The van der Waals surface area contributed by atoms with Gasteiger partial charge in [0.1, 0.15) is 0 Å². The average Bonchev–Trinajstić information content (AvgIpc) is 3.28. The molecule has 1 unspecified atom stereocenters. The molecule has 0 amide bonds. The monoisotopic (exact) mass is 532 g/mol. The molecule has 26 heavy (non-hydrogen) atoms. The highest BCUT2D eigenvalue weighted by atomic mass is 127. The summed E-state index contributed by atoms with van der Waals surface area (Å²) in [5, 5.41) is 6.91. The van der Waals surface area contributed by atoms with Gasteiger partial charge in [0, 0.05) is 54.8 Å². The quantitative estimate of drug-likeness (QED) is 0.341. The van der Waals surface area contributed by atoms with Crippen LogP contribution in [0.2, 0.25) is 0 Å². The molecular weight excluding hydrogens is 507 g/mol. The second-order valence-corrected chi connectivity index (χ2v) is 7.03. The van der Waals surface area contributed by atoms with Gasteiger partial charge in [-0.2, -0.15) is 0 Å². The molecule has 0 bridgehead atoms. The minimum atomic E-state index is 0. The number of hydrogen-bond acceptors (Lipinski definition) is 3. The highest BCUT2D eigenvalue weighted by Gasteiger charge is 2.23. The molecule has 3 rings (SSSR count). The molecule has 0 radical (unpaired) electrons. The Morgan fingerprint density at radius 3 is 2.85 bits per heavy atom. The minimum Gasteiger partial charge on any atom is -0.369 e. The molecule has 8 heteroatoms. The highest BCUT2D eigenvalue weighted by Crippen LogP contribution is 2.22. The molecule has 0 aliphatic carbocycles. The van der Waals surface area contributed by atoms with Crippen LogP contribution in [0.4, 0.5) is 5.69 Å². The van der Waals surface area contributed by atoms with Gasteiger partial charge in [0.15, 0.2) is 5.96 Å². The van der Waals surface area contributed by atoms with Crippen LogP contribution in [0.1, 0.15) is 13.3 Å². The van der Waals surface area contributed by atoms with Gasteiger partial charge in [0.05, 0.1) is 12.9 Å². The summed E-state index contributed by atoms with van der Waals surface area (Å²) in [7, 11) is 0. The summed E-state index contributed by atoms with van der Waals surface area (Å²) in [4.78, 5) is 11.2. The lowest BCUT2D eigenvalue weighted by molar-refractivity contribution is 0.642. The van der Waals surface area contributed by atoms with E-state index in [9.17, 15) is 0 Å². The van der Waals surface area contributed by atoms with Crippen molar-refractivity contribution < 1.29 is 0 Å². The lowest BCUT2D eigenvalue weighted by Gasteiger charge is -2.20. The molecule has 2 heterocycles. The van der Waals surface area contributed by atoms with Gasteiger partial charge in [0.25, 0.3) is 0 Å². The van der Waals surface area contributed by atoms with Crippen LogP contribution in [0.5, 0.6) is 0 Å². The fourth-order valence-electron chi connectivity index (χ4n) is 2.97. The van der Waals surface area contributed by atoms with E-state index >= 15 is 0 Å². The fourth-order valence-corrected chi connectivity index (χ4v) is 3.24. The summed E-state index contributed by atoms with van der Waals surface area (Å²) in [6.45, 7) is 6.58. The van der Waals surface area contributed by atoms with Crippen LogP contribution in [0.15, 0.2) is 52.5 Å². The number of aromatic nitrogens is 2. The maximum absolute atomic E-state index is 4.68. The number of guanidine groups is 1. The molecule has 142 valence electrons. The van der Waals surface area contributed by atoms with E-state index in [2.05, 4.69) is 72.6 Å². The Morgan fingerprint density at radius 1 is 1.35 bits per heavy atom. The first-order valence-electron chi connectivity index (χ1n) is 8.75. The van der Waals surface area contributed by atoms with Crippen LogP contribution in [-0.2, 0) is 6.54 Å². The number of rotatable bonds is 6. The average molecular weight is 533 g/mol. The van der Waals surface area contributed by atoms with Gasteiger partial charge in [-0.25, -0.2) is 4.98 Å². The summed E-state index contributed by atoms with van der Waals surface area (Å²) in [6.07, 6.45) is 6.69. The summed E-state index contributed by atoms with van der Waals surface area (Å²) in [5.74, 6) is 0.894. The number of nitrogens with zero attached hydrogens (tertiary/aromatic N) is 4. The Bertz CT molecular complexity index is 673. The SMILES string of the molecule is CCNC(=NCCn1ccnc1)NC1CCN(c2ccc(Br)cc2)C1.I. The molecule has 2 aromatic rings. The van der Waals surface area contributed by atoms with Gasteiger partial charge in [-0.05, 0) is 37.6 Å². The van der Waals surface area contributed by atoms with Crippen molar-refractivity contribution in [2.24, 2.45) is 4.99 Å². The molecular formula is C18H26BrIN6. The Kier molecular flexibility index (Phi) is 8.70. The van der Waals surface area contributed by atoms with Gasteiger partial charge < -0.3 is 20.1 Å². The normalized spacial score (nSPS) is 17.1. The minimum absolute atomic E-state index is 0. The van der Waals surface area contributed by atoms with Crippen molar-refractivity contribution in [3.63, 3.8) is 0 Å². The molecule has 1 aliphatic rings. The van der Waals surface area contributed by atoms with Crippen LogP contribution in [0.3, 0.4) is 0 Å². The number of imidazole rings is 1. The number of hydrogen-bond donors (Lipinski definition) is 2. The topological polar surface area (TPSA) is 57.5 Å². The number of anilines is 1. The zero-order chi connectivity index (χ0) is 17.5. The first-order chi connectivity index (χ1) is 12.2. The molecule has 1 saturated heterocycles. The summed E-state index contributed by atoms with van der Waals surface area (Å²) >= 11 is 3.49. The number of aliphatic imine (C=N–C) groups is 1. The van der Waals surface area contributed by atoms with E-state index in [0.29, 0.717) is 6.04 Å². The van der Waals surface area contributed by atoms with E-state index in [-0.39, 0.29) is 24.0 Å². The van der Waals surface area contributed by atoms with E-state index < -0.39 is 0 Å². The van der Waals surface area contributed by atoms with E-state index in [4.69, 9.17) is 0 Å². The van der Waals surface area contributed by atoms with Crippen LogP contribution in [0, 0.1) is 0 Å². The molecule has 1 aromatic carbocycles. The second-order valence-electron chi connectivity index (χ2n) is 6.11. The van der Waals surface area contributed by atoms with Gasteiger partial charge >= 0.3 is 0 Å². The molecule has 0 saturated carbocycles. The predicted molar refractivity (Wildman–Crippen MR) is 122 cm³/mol. The van der Waals surface area contributed by atoms with Gasteiger partial charge in [0.2, 0.25) is 0 Å². The molecule has 1 atom stereocenters. The van der Waals surface area contributed by atoms with Crippen molar-refractivity contribution in [3.8, 4) is 0 Å². The standard InChI is InChI=1S/C18H25BrN6.HI/c1-2-21-18(22-9-12-24-11-8-20-14-24)23-16-7-10-25(13-16)17-5-3-15(19)4-6-17;/h3-6,8,11,14,16H,2,7,9-10,12-13H2,1H3,(H2,21,22,23);1H. The van der Waals surface area contributed by atoms with Crippen molar-refractivity contribution in [2.45, 2.75) is 25.9 Å². The third-order valence-corrected chi connectivity index (χ3v) is 4.78. The van der Waals surface area contributed by atoms with Crippen LogP contribution >= 0.6 is 39.9 Å². The smallest absolute Gasteiger partial charge is 0.191 e. The van der Waals surface area contributed by atoms with E-state index in [0.717, 1.165) is 49.6 Å². The molecule has 1 aliphatic heterocycles. The number of halogens is 2. The summed E-state index contributed by atoms with van der Waals surface area (Å²) in [5.41, 5.74) is 1.27. The van der Waals surface area contributed by atoms with Crippen LogP contribution < -0.4 is 15.5 Å². The third-order valence-electron chi connectivity index (χ3n) is 4.25. The van der Waals surface area contributed by atoms with Crippen molar-refractivity contribution in [3.05, 3.63) is 47.5 Å². The lowest BCUT2D eigenvalue weighted by atomic mass is 10.3. The Balaban J connectivity index is 0.00000243. The predicted octanol–water partition coefficient (Wildman–Crippen LogP) is 3.10. The Morgan fingerprint density at radius 2 is 2.15 bits per heavy atom. The maximum atomic E-state index is 4.68. The van der Waals surface area contributed by atoms with Crippen LogP contribution in [-0.4, -0.2) is 47.7 Å². The van der Waals surface area contributed by atoms with E-state index in [1.165, 1.54) is 5.69 Å². The fraction of sp³-hybridized carbons (Fsp3) is 0.444. The maximum Gasteiger partial charge on any atom is 0.191 e. The highest BCUT2D eigenvalue weighted by molar-refractivity contribution is 14.0. The first kappa shape index (κ1) is 21.0. The third kappa shape index (κ3) is 6.15. The van der Waals surface area contributed by atoms with E-state index in [1.54, 1.807) is 6.20 Å². The Hall–Kier alpha value is -1.29. The zero-order valence-electron chi connectivity index (χ0n) is 14.9. The molecule has 6 nitrogen and oxygen atoms in total. The summed E-state index contributed by atoms with van der Waals surface area (Å²) < 4.78 is 3.15. The van der Waals surface area contributed by atoms with E-state index in [1.807, 2.05) is 17.1 Å². The largest absolute Gasteiger partial charge is 0.369 e. The van der Waals surface area contributed by atoms with Gasteiger partial charge in [-0.3, -0.25) is 4.99 Å². The number of nitrogens with one attached hydrogen (secondary N) is 2. The Labute approximate surface area is 180 Å². The molecule has 1 aromatic heterocycles. The van der Waals surface area contributed by atoms with Crippen LogP contribution in [0.25, 0.3) is 0 Å². The molecule has 1 fully saturated rings. The zero-order valence-corrected chi connectivity index (χ0v) is 18.9. The summed E-state index contributed by atoms with van der Waals surface area (Å²) in [6, 6.07) is 8.93. The van der Waals surface area contributed by atoms with Crippen molar-refractivity contribution in [1.29, 1.82) is 0 Å². The van der Waals surface area contributed by atoms with Crippen molar-refractivity contribution >= 4 is 51.6 Å².